The second kappa shape index (κ2) is 10.8. The smallest absolute Gasteiger partial charge is 0.255 e. The molecule has 1 heterocycles. The third kappa shape index (κ3) is 6.12. The summed E-state index contributed by atoms with van der Waals surface area (Å²) >= 11 is 1.37. The molecule has 0 saturated heterocycles. The number of nitrogens with zero attached hydrogens (tertiary/aromatic N) is 1. The van der Waals surface area contributed by atoms with Gasteiger partial charge in [0, 0.05) is 28.4 Å². The van der Waals surface area contributed by atoms with Crippen LogP contribution < -0.4 is 10.0 Å². The molecule has 0 radical (unpaired) electrons. The Morgan fingerprint density at radius 3 is 2.24 bits per heavy atom. The van der Waals surface area contributed by atoms with Crippen LogP contribution in [-0.2, 0) is 11.0 Å². The molecular weight excluding hydrogens is 466 g/mol. The second-order valence-corrected chi connectivity index (χ2v) is 9.48. The van der Waals surface area contributed by atoms with E-state index >= 15 is 0 Å². The average molecular weight is 488 g/mol. The molecule has 1 amide bonds. The van der Waals surface area contributed by atoms with Crippen LogP contribution in [0, 0.1) is 6.92 Å². The fourth-order valence-electron chi connectivity index (χ4n) is 3.01. The van der Waals surface area contributed by atoms with E-state index in [1.54, 1.807) is 78.3 Å². The van der Waals surface area contributed by atoms with Crippen LogP contribution >= 0.6 is 11.3 Å². The molecule has 0 aliphatic rings. The van der Waals surface area contributed by atoms with Crippen LogP contribution in [0.25, 0.3) is 6.08 Å². The van der Waals surface area contributed by atoms with Gasteiger partial charge in [0.25, 0.3) is 5.91 Å². The van der Waals surface area contributed by atoms with Crippen LogP contribution in [0.2, 0.25) is 0 Å². The Balaban J connectivity index is 1.34. The van der Waals surface area contributed by atoms with Gasteiger partial charge >= 0.3 is 0 Å². The quantitative estimate of drug-likeness (QED) is 0.245. The predicted octanol–water partition coefficient (Wildman–Crippen LogP) is 5.73. The zero-order chi connectivity index (χ0) is 23.9. The van der Waals surface area contributed by atoms with Gasteiger partial charge in [-0.05, 0) is 55.0 Å². The van der Waals surface area contributed by atoms with E-state index in [0.29, 0.717) is 26.8 Å². The minimum absolute atomic E-state index is 0.0759. The summed E-state index contributed by atoms with van der Waals surface area (Å²) in [5.41, 5.74) is 3.63. The highest BCUT2D eigenvalue weighted by Crippen LogP contribution is 2.18. The molecule has 170 valence electrons. The number of hydrogen-bond acceptors (Lipinski definition) is 5. The molecular formula is C26H21N3O3S2. The summed E-state index contributed by atoms with van der Waals surface area (Å²) in [6.07, 6.45) is 4.88. The van der Waals surface area contributed by atoms with Gasteiger partial charge < -0.3 is 5.32 Å². The first-order valence-electron chi connectivity index (χ1n) is 10.4. The summed E-state index contributed by atoms with van der Waals surface area (Å²) < 4.78 is 15.2. The van der Waals surface area contributed by atoms with Crippen LogP contribution in [0.15, 0.2) is 95.3 Å². The topological polar surface area (TPSA) is 88.2 Å². The van der Waals surface area contributed by atoms with Gasteiger partial charge in [0.05, 0.1) is 4.90 Å². The van der Waals surface area contributed by atoms with E-state index in [0.717, 1.165) is 11.1 Å². The number of rotatable bonds is 8. The van der Waals surface area contributed by atoms with Crippen molar-refractivity contribution in [3.63, 3.8) is 0 Å². The highest BCUT2D eigenvalue weighted by Gasteiger charge is 2.09. The standard InChI is InChI=1S/C26H21N3O3S2/c1-18-2-7-20(8-3-18)24(30)15-6-19-4-9-21(10-5-19)25(31)28-22-11-13-23(14-12-22)34(32)29-26-27-16-17-33-26/h2-17H,1H3,(H,27,29)(H,28,31)/b15-6+. The Labute approximate surface area is 204 Å². The van der Waals surface area contributed by atoms with E-state index in [9.17, 15) is 13.8 Å². The molecule has 1 aromatic heterocycles. The van der Waals surface area contributed by atoms with E-state index < -0.39 is 11.0 Å². The van der Waals surface area contributed by atoms with Gasteiger partial charge in [-0.3, -0.25) is 14.3 Å². The van der Waals surface area contributed by atoms with Crippen molar-refractivity contribution in [2.45, 2.75) is 11.8 Å². The molecule has 0 aliphatic carbocycles. The van der Waals surface area contributed by atoms with Crippen molar-refractivity contribution >= 4 is 50.9 Å². The van der Waals surface area contributed by atoms with Gasteiger partial charge in [-0.25, -0.2) is 9.19 Å². The number of nitrogens with one attached hydrogen (secondary N) is 2. The molecule has 4 aromatic rings. The molecule has 1 atom stereocenters. The maximum absolute atomic E-state index is 12.6. The van der Waals surface area contributed by atoms with Gasteiger partial charge in [0.2, 0.25) is 0 Å². The minimum Gasteiger partial charge on any atom is -0.322 e. The van der Waals surface area contributed by atoms with Gasteiger partial charge in [0.1, 0.15) is 0 Å². The van der Waals surface area contributed by atoms with E-state index in [4.69, 9.17) is 0 Å². The largest absolute Gasteiger partial charge is 0.322 e. The molecule has 4 rings (SSSR count). The van der Waals surface area contributed by atoms with E-state index in [2.05, 4.69) is 15.0 Å². The number of carbonyl (C=O) groups is 2. The molecule has 0 spiro atoms. The summed E-state index contributed by atoms with van der Waals surface area (Å²) in [7, 11) is -1.44. The molecule has 0 bridgehead atoms. The van der Waals surface area contributed by atoms with Gasteiger partial charge in [-0.15, -0.1) is 11.3 Å². The molecule has 1 unspecified atom stereocenters. The summed E-state index contributed by atoms with van der Waals surface area (Å²) in [4.78, 5) is 29.5. The molecule has 8 heteroatoms. The predicted molar refractivity (Wildman–Crippen MR) is 138 cm³/mol. The van der Waals surface area contributed by atoms with Crippen LogP contribution in [0.1, 0.15) is 31.8 Å². The van der Waals surface area contributed by atoms with Crippen LogP contribution in [-0.4, -0.2) is 20.9 Å². The van der Waals surface area contributed by atoms with Crippen LogP contribution in [0.3, 0.4) is 0 Å². The zero-order valence-corrected chi connectivity index (χ0v) is 19.9. The maximum Gasteiger partial charge on any atom is 0.255 e. The van der Waals surface area contributed by atoms with Gasteiger partial charge in [-0.1, -0.05) is 48.0 Å². The number of carbonyl (C=O) groups excluding carboxylic acids is 2. The third-order valence-corrected chi connectivity index (χ3v) is 6.77. The molecule has 0 saturated carbocycles. The zero-order valence-electron chi connectivity index (χ0n) is 18.2. The summed E-state index contributed by atoms with van der Waals surface area (Å²) in [6.45, 7) is 1.97. The van der Waals surface area contributed by atoms with Gasteiger partial charge in [-0.2, -0.15) is 0 Å². The number of benzene rings is 3. The monoisotopic (exact) mass is 487 g/mol. The first kappa shape index (κ1) is 23.3. The Hall–Kier alpha value is -3.88. The van der Waals surface area contributed by atoms with Crippen molar-refractivity contribution in [2.24, 2.45) is 0 Å². The first-order valence-corrected chi connectivity index (χ1v) is 12.4. The van der Waals surface area contributed by atoms with E-state index in [1.807, 2.05) is 19.1 Å². The molecule has 0 aliphatic heterocycles. The average Bonchev–Trinajstić information content (AvgIpc) is 3.37. The number of ketones is 1. The Kier molecular flexibility index (Phi) is 7.41. The van der Waals surface area contributed by atoms with Crippen molar-refractivity contribution < 1.29 is 13.8 Å². The minimum atomic E-state index is -1.44. The number of aryl methyl sites for hydroxylation is 1. The third-order valence-electron chi connectivity index (χ3n) is 4.87. The Bertz CT molecular complexity index is 1330. The number of allylic oxidation sites excluding steroid dienone is 1. The van der Waals surface area contributed by atoms with Crippen molar-refractivity contribution in [3.05, 3.63) is 113 Å². The first-order chi connectivity index (χ1) is 16.5. The molecule has 34 heavy (non-hydrogen) atoms. The molecule has 0 fully saturated rings. The van der Waals surface area contributed by atoms with E-state index in [1.165, 1.54) is 17.4 Å². The number of amides is 1. The Morgan fingerprint density at radius 1 is 0.912 bits per heavy atom. The van der Waals surface area contributed by atoms with Gasteiger partial charge in [0.15, 0.2) is 21.9 Å². The van der Waals surface area contributed by atoms with Crippen molar-refractivity contribution in [2.75, 3.05) is 10.0 Å². The molecule has 2 N–H and O–H groups in total. The lowest BCUT2D eigenvalue weighted by Gasteiger charge is -2.07. The lowest BCUT2D eigenvalue weighted by molar-refractivity contribution is 0.102. The maximum atomic E-state index is 12.6. The molecule has 6 nitrogen and oxygen atoms in total. The number of aromatic nitrogens is 1. The van der Waals surface area contributed by atoms with Crippen LogP contribution in [0.4, 0.5) is 10.8 Å². The number of thiazole rings is 1. The highest BCUT2D eigenvalue weighted by molar-refractivity contribution is 7.86. The lowest BCUT2D eigenvalue weighted by Crippen LogP contribution is -2.12. The van der Waals surface area contributed by atoms with Crippen molar-refractivity contribution in [3.8, 4) is 0 Å². The number of anilines is 2. The Morgan fingerprint density at radius 2 is 1.59 bits per heavy atom. The van der Waals surface area contributed by atoms with Crippen molar-refractivity contribution in [1.82, 2.24) is 4.98 Å². The van der Waals surface area contributed by atoms with Crippen LogP contribution in [0.5, 0.6) is 0 Å². The summed E-state index contributed by atoms with van der Waals surface area (Å²) in [5, 5.41) is 5.20. The summed E-state index contributed by atoms with van der Waals surface area (Å²) in [5.74, 6) is -0.339. The van der Waals surface area contributed by atoms with E-state index in [-0.39, 0.29) is 11.7 Å². The number of hydrogen-bond donors (Lipinski definition) is 2. The fourth-order valence-corrected chi connectivity index (χ4v) is 4.51. The SMILES string of the molecule is Cc1ccc(C(=O)/C=C/c2ccc(C(=O)Nc3ccc(S(=O)Nc4nccs4)cc3)cc2)cc1. The molecule has 3 aromatic carbocycles. The van der Waals surface area contributed by atoms with Crippen molar-refractivity contribution in [1.29, 1.82) is 0 Å². The fraction of sp³-hybridized carbons (Fsp3) is 0.0385. The summed E-state index contributed by atoms with van der Waals surface area (Å²) in [6, 6.07) is 21.1. The highest BCUT2D eigenvalue weighted by atomic mass is 32.2. The normalized spacial score (nSPS) is 11.8. The second-order valence-electron chi connectivity index (χ2n) is 7.37. The lowest BCUT2D eigenvalue weighted by atomic mass is 10.1.